The summed E-state index contributed by atoms with van der Waals surface area (Å²) in [6.07, 6.45) is 0. The first-order chi connectivity index (χ1) is 12.1. The molecule has 0 fully saturated rings. The summed E-state index contributed by atoms with van der Waals surface area (Å²) >= 11 is 1.36. The molecule has 6 heteroatoms. The highest BCUT2D eigenvalue weighted by Gasteiger charge is 2.11. The number of rotatable bonds is 9. The molecular formula is C19H26N3O2S+. The fourth-order valence-electron chi connectivity index (χ4n) is 2.58. The van der Waals surface area contributed by atoms with E-state index in [9.17, 15) is 9.59 Å². The number of hydrogen-bond acceptors (Lipinski definition) is 3. The molecule has 2 amide bonds. The molecule has 2 aromatic rings. The minimum Gasteiger partial charge on any atom is -0.350 e. The number of quaternary nitrogens is 1. The lowest BCUT2D eigenvalue weighted by Crippen LogP contribution is -3.10. The van der Waals surface area contributed by atoms with Gasteiger partial charge in [-0.15, -0.1) is 11.3 Å². The Morgan fingerprint density at radius 2 is 1.72 bits per heavy atom. The van der Waals surface area contributed by atoms with E-state index in [1.807, 2.05) is 29.6 Å². The molecule has 5 nitrogen and oxygen atoms in total. The Bertz CT molecular complexity index is 682. The number of hydrogen-bond donors (Lipinski definition) is 3. The van der Waals surface area contributed by atoms with Crippen LogP contribution in [0.2, 0.25) is 0 Å². The Kier molecular flexibility index (Phi) is 7.63. The monoisotopic (exact) mass is 360 g/mol. The second kappa shape index (κ2) is 9.96. The minimum absolute atomic E-state index is 0.0137. The average Bonchev–Trinajstić information content (AvgIpc) is 3.18. The second-order valence-corrected chi connectivity index (χ2v) is 6.79. The molecule has 1 aromatic carbocycles. The van der Waals surface area contributed by atoms with E-state index in [0.717, 1.165) is 25.2 Å². The van der Waals surface area contributed by atoms with Gasteiger partial charge in [0.15, 0.2) is 0 Å². The summed E-state index contributed by atoms with van der Waals surface area (Å²) in [4.78, 5) is 26.0. The van der Waals surface area contributed by atoms with Crippen LogP contribution in [0.3, 0.4) is 0 Å². The quantitative estimate of drug-likeness (QED) is 0.630. The van der Waals surface area contributed by atoms with Crippen LogP contribution in [0.25, 0.3) is 0 Å². The molecule has 0 saturated carbocycles. The number of nitrogens with one attached hydrogen (secondary N) is 3. The van der Waals surface area contributed by atoms with E-state index in [-0.39, 0.29) is 18.4 Å². The van der Waals surface area contributed by atoms with Gasteiger partial charge in [-0.25, -0.2) is 0 Å². The summed E-state index contributed by atoms with van der Waals surface area (Å²) in [6, 6.07) is 11.7. The van der Waals surface area contributed by atoms with Crippen molar-refractivity contribution in [2.75, 3.05) is 19.6 Å². The van der Waals surface area contributed by atoms with E-state index in [1.54, 1.807) is 6.07 Å². The Hall–Kier alpha value is -2.18. The maximum Gasteiger partial charge on any atom is 0.261 e. The molecular weight excluding hydrogens is 334 g/mol. The van der Waals surface area contributed by atoms with Crippen LogP contribution >= 0.6 is 11.3 Å². The van der Waals surface area contributed by atoms with Crippen molar-refractivity contribution in [1.82, 2.24) is 10.6 Å². The molecule has 25 heavy (non-hydrogen) atoms. The zero-order valence-electron chi connectivity index (χ0n) is 14.8. The summed E-state index contributed by atoms with van der Waals surface area (Å²) < 4.78 is 0. The third-order valence-electron chi connectivity index (χ3n) is 4.19. The van der Waals surface area contributed by atoms with Crippen LogP contribution in [0.1, 0.15) is 34.6 Å². The van der Waals surface area contributed by atoms with Gasteiger partial charge in [0.05, 0.1) is 24.5 Å². The van der Waals surface area contributed by atoms with Crippen LogP contribution in [-0.2, 0) is 17.9 Å². The smallest absolute Gasteiger partial charge is 0.261 e. The lowest BCUT2D eigenvalue weighted by Gasteiger charge is -2.18. The third-order valence-corrected chi connectivity index (χ3v) is 5.06. The molecule has 1 aromatic heterocycles. The summed E-state index contributed by atoms with van der Waals surface area (Å²) in [7, 11) is 0. The molecule has 0 unspecified atom stereocenters. The van der Waals surface area contributed by atoms with Gasteiger partial charge in [-0.05, 0) is 30.9 Å². The molecule has 0 atom stereocenters. The molecule has 0 bridgehead atoms. The Morgan fingerprint density at radius 1 is 1.00 bits per heavy atom. The Morgan fingerprint density at radius 3 is 2.36 bits per heavy atom. The van der Waals surface area contributed by atoms with Crippen LogP contribution in [-0.4, -0.2) is 31.4 Å². The summed E-state index contributed by atoms with van der Waals surface area (Å²) in [6.45, 7) is 7.93. The molecule has 0 aliphatic carbocycles. The molecule has 0 spiro atoms. The van der Waals surface area contributed by atoms with Crippen molar-refractivity contribution in [1.29, 1.82) is 0 Å². The highest BCUT2D eigenvalue weighted by atomic mass is 32.1. The van der Waals surface area contributed by atoms with E-state index in [1.165, 1.54) is 21.8 Å². The zero-order valence-corrected chi connectivity index (χ0v) is 15.6. The van der Waals surface area contributed by atoms with Crippen LogP contribution < -0.4 is 15.5 Å². The maximum atomic E-state index is 12.0. The van der Waals surface area contributed by atoms with Gasteiger partial charge in [0.2, 0.25) is 5.91 Å². The normalized spacial score (nSPS) is 10.7. The number of carbonyl (C=O) groups is 2. The van der Waals surface area contributed by atoms with Gasteiger partial charge < -0.3 is 15.5 Å². The summed E-state index contributed by atoms with van der Waals surface area (Å²) in [5, 5.41) is 7.37. The fourth-order valence-corrected chi connectivity index (χ4v) is 3.22. The number of amides is 2. The zero-order chi connectivity index (χ0) is 18.1. The Balaban J connectivity index is 1.84. The fraction of sp³-hybridized carbons (Fsp3) is 0.368. The highest BCUT2D eigenvalue weighted by Crippen LogP contribution is 2.08. The van der Waals surface area contributed by atoms with Crippen LogP contribution in [0.15, 0.2) is 41.8 Å². The van der Waals surface area contributed by atoms with Gasteiger partial charge in [-0.1, -0.05) is 30.3 Å². The summed E-state index contributed by atoms with van der Waals surface area (Å²) in [5.41, 5.74) is 2.38. The minimum atomic E-state index is -0.212. The third kappa shape index (κ3) is 5.99. The van der Waals surface area contributed by atoms with Crippen molar-refractivity contribution in [3.63, 3.8) is 0 Å². The van der Waals surface area contributed by atoms with Crippen molar-refractivity contribution in [3.8, 4) is 0 Å². The predicted octanol–water partition coefficient (Wildman–Crippen LogP) is 1.22. The van der Waals surface area contributed by atoms with Crippen LogP contribution in [0, 0.1) is 0 Å². The van der Waals surface area contributed by atoms with Crippen molar-refractivity contribution in [3.05, 3.63) is 57.8 Å². The molecule has 0 aliphatic heterocycles. The van der Waals surface area contributed by atoms with Gasteiger partial charge in [-0.2, -0.15) is 0 Å². The molecule has 2 rings (SSSR count). The SMILES string of the molecule is CC[NH+](CC)Cc1ccccc1CNC(=O)CNC(=O)c1cccs1. The molecule has 3 N–H and O–H groups in total. The predicted molar refractivity (Wildman–Crippen MR) is 101 cm³/mol. The lowest BCUT2D eigenvalue weighted by atomic mass is 10.1. The molecule has 0 saturated heterocycles. The number of thiophene rings is 1. The number of benzene rings is 1. The molecule has 0 aliphatic rings. The second-order valence-electron chi connectivity index (χ2n) is 5.84. The molecule has 1 heterocycles. The van der Waals surface area contributed by atoms with Crippen molar-refractivity contribution >= 4 is 23.2 Å². The first-order valence-corrected chi connectivity index (χ1v) is 9.50. The van der Waals surface area contributed by atoms with E-state index in [4.69, 9.17) is 0 Å². The maximum absolute atomic E-state index is 12.0. The van der Waals surface area contributed by atoms with Crippen LogP contribution in [0.5, 0.6) is 0 Å². The van der Waals surface area contributed by atoms with Gasteiger partial charge in [0.1, 0.15) is 6.54 Å². The van der Waals surface area contributed by atoms with Gasteiger partial charge >= 0.3 is 0 Å². The highest BCUT2D eigenvalue weighted by molar-refractivity contribution is 7.12. The first kappa shape index (κ1) is 19.1. The van der Waals surface area contributed by atoms with Gasteiger partial charge in [0.25, 0.3) is 5.91 Å². The van der Waals surface area contributed by atoms with E-state index in [2.05, 4.69) is 30.5 Å². The summed E-state index contributed by atoms with van der Waals surface area (Å²) in [5.74, 6) is -0.398. The Labute approximate surface area is 153 Å². The molecule has 0 radical (unpaired) electrons. The van der Waals surface area contributed by atoms with Gasteiger partial charge in [0, 0.05) is 12.1 Å². The van der Waals surface area contributed by atoms with Crippen LogP contribution in [0.4, 0.5) is 0 Å². The lowest BCUT2D eigenvalue weighted by molar-refractivity contribution is -0.910. The first-order valence-electron chi connectivity index (χ1n) is 8.62. The van der Waals surface area contributed by atoms with E-state index in [0.29, 0.717) is 11.4 Å². The number of carbonyl (C=O) groups excluding carboxylic acids is 2. The average molecular weight is 361 g/mol. The van der Waals surface area contributed by atoms with Crippen molar-refractivity contribution < 1.29 is 14.5 Å². The van der Waals surface area contributed by atoms with E-state index >= 15 is 0 Å². The van der Waals surface area contributed by atoms with Gasteiger partial charge in [-0.3, -0.25) is 9.59 Å². The van der Waals surface area contributed by atoms with E-state index < -0.39 is 0 Å². The topological polar surface area (TPSA) is 62.6 Å². The van der Waals surface area contributed by atoms with Crippen molar-refractivity contribution in [2.45, 2.75) is 26.9 Å². The molecule has 134 valence electrons. The van der Waals surface area contributed by atoms with Crippen molar-refractivity contribution in [2.24, 2.45) is 0 Å². The largest absolute Gasteiger partial charge is 0.350 e. The standard InChI is InChI=1S/C19H25N3O2S/c1-3-22(4-2)14-16-9-6-5-8-15(16)12-20-18(23)13-21-19(24)17-10-7-11-25-17/h5-11H,3-4,12-14H2,1-2H3,(H,20,23)(H,21,24)/p+1.